The van der Waals surface area contributed by atoms with E-state index in [4.69, 9.17) is 0 Å². The first kappa shape index (κ1) is 20.6. The molecule has 0 aromatic heterocycles. The van der Waals surface area contributed by atoms with E-state index in [1.165, 1.54) is 49.7 Å². The van der Waals surface area contributed by atoms with Gasteiger partial charge in [0.25, 0.3) is 0 Å². The summed E-state index contributed by atoms with van der Waals surface area (Å²) in [6.07, 6.45) is 9.00. The van der Waals surface area contributed by atoms with Crippen LogP contribution in [0.3, 0.4) is 0 Å². The molecule has 0 amide bonds. The molecule has 0 aliphatic heterocycles. The van der Waals surface area contributed by atoms with E-state index in [0.717, 1.165) is 18.3 Å². The standard InChI is InChI=1S/C20H33NO2S2/c1-20(2,3)24-15-18-9-7-16(8-10-18)5-6-17-11-13-19(14-12-17)21-25(4,22)23/h11-14,16,18,21H,5-10,15H2,1-4H3. The van der Waals surface area contributed by atoms with Crippen LogP contribution in [0.25, 0.3) is 0 Å². The van der Waals surface area contributed by atoms with Gasteiger partial charge in [0, 0.05) is 10.4 Å². The molecule has 2 rings (SSSR count). The maximum Gasteiger partial charge on any atom is 0.229 e. The Bertz CT molecular complexity index is 625. The Morgan fingerprint density at radius 1 is 1.04 bits per heavy atom. The first-order chi connectivity index (χ1) is 11.6. The minimum absolute atomic E-state index is 0.384. The Morgan fingerprint density at radius 2 is 1.60 bits per heavy atom. The van der Waals surface area contributed by atoms with Crippen LogP contribution in [-0.4, -0.2) is 25.2 Å². The van der Waals surface area contributed by atoms with Crippen LogP contribution in [0, 0.1) is 11.8 Å². The molecule has 0 spiro atoms. The third kappa shape index (κ3) is 8.50. The Kier molecular flexibility index (Phi) is 7.27. The van der Waals surface area contributed by atoms with Crippen LogP contribution in [0.5, 0.6) is 0 Å². The zero-order valence-electron chi connectivity index (χ0n) is 16.0. The van der Waals surface area contributed by atoms with Crippen molar-refractivity contribution in [2.75, 3.05) is 16.7 Å². The summed E-state index contributed by atoms with van der Waals surface area (Å²) in [6.45, 7) is 6.92. The lowest BCUT2D eigenvalue weighted by Gasteiger charge is -2.30. The predicted octanol–water partition coefficient (Wildman–Crippen LogP) is 5.33. The summed E-state index contributed by atoms with van der Waals surface area (Å²) in [5.41, 5.74) is 1.94. The molecule has 25 heavy (non-hydrogen) atoms. The van der Waals surface area contributed by atoms with Crippen molar-refractivity contribution in [2.24, 2.45) is 11.8 Å². The molecular weight excluding hydrogens is 350 g/mol. The van der Waals surface area contributed by atoms with Gasteiger partial charge in [0.15, 0.2) is 0 Å². The molecule has 0 radical (unpaired) electrons. The maximum atomic E-state index is 11.2. The first-order valence-electron chi connectivity index (χ1n) is 9.31. The minimum Gasteiger partial charge on any atom is -0.284 e. The van der Waals surface area contributed by atoms with Crippen LogP contribution in [-0.2, 0) is 16.4 Å². The van der Waals surface area contributed by atoms with Gasteiger partial charge in [0.1, 0.15) is 0 Å². The van der Waals surface area contributed by atoms with Crippen LogP contribution in [0.1, 0.15) is 58.4 Å². The number of hydrogen-bond acceptors (Lipinski definition) is 3. The number of hydrogen-bond donors (Lipinski definition) is 1. The van der Waals surface area contributed by atoms with Crippen LogP contribution in [0.2, 0.25) is 0 Å². The van der Waals surface area contributed by atoms with E-state index in [9.17, 15) is 8.42 Å². The molecular formula is C20H33NO2S2. The SMILES string of the molecule is CC(C)(C)SCC1CCC(CCc2ccc(NS(C)(=O)=O)cc2)CC1. The average molecular weight is 384 g/mol. The largest absolute Gasteiger partial charge is 0.284 e. The third-order valence-corrected chi connectivity index (χ3v) is 6.93. The number of aryl methyl sites for hydroxylation is 1. The highest BCUT2D eigenvalue weighted by molar-refractivity contribution is 8.00. The zero-order valence-corrected chi connectivity index (χ0v) is 17.7. The van der Waals surface area contributed by atoms with Crippen molar-refractivity contribution in [3.63, 3.8) is 0 Å². The number of rotatable bonds is 7. The van der Waals surface area contributed by atoms with Gasteiger partial charge in [-0.1, -0.05) is 45.7 Å². The zero-order chi connectivity index (χ0) is 18.5. The van der Waals surface area contributed by atoms with Crippen molar-refractivity contribution in [1.82, 2.24) is 0 Å². The molecule has 0 saturated heterocycles. The molecule has 1 N–H and O–H groups in total. The van der Waals surface area contributed by atoms with Crippen LogP contribution < -0.4 is 4.72 Å². The number of nitrogens with one attached hydrogen (secondary N) is 1. The van der Waals surface area contributed by atoms with Gasteiger partial charge in [-0.25, -0.2) is 8.42 Å². The second-order valence-corrected chi connectivity index (χ2v) is 12.0. The van der Waals surface area contributed by atoms with Crippen molar-refractivity contribution in [2.45, 2.75) is 64.0 Å². The highest BCUT2D eigenvalue weighted by atomic mass is 32.2. The number of sulfonamides is 1. The van der Waals surface area contributed by atoms with Gasteiger partial charge in [0.2, 0.25) is 10.0 Å². The van der Waals surface area contributed by atoms with Gasteiger partial charge in [-0.2, -0.15) is 11.8 Å². The maximum absolute atomic E-state index is 11.2. The van der Waals surface area contributed by atoms with E-state index in [2.05, 4.69) is 37.3 Å². The molecule has 0 heterocycles. The van der Waals surface area contributed by atoms with Crippen molar-refractivity contribution in [3.8, 4) is 0 Å². The Balaban J connectivity index is 1.70. The molecule has 1 aliphatic carbocycles. The van der Waals surface area contributed by atoms with Crippen molar-refractivity contribution in [1.29, 1.82) is 0 Å². The van der Waals surface area contributed by atoms with Gasteiger partial charge >= 0.3 is 0 Å². The Hall–Kier alpha value is -0.680. The third-order valence-electron chi connectivity index (χ3n) is 4.82. The summed E-state index contributed by atoms with van der Waals surface area (Å²) in [4.78, 5) is 0. The van der Waals surface area contributed by atoms with E-state index in [1.54, 1.807) is 0 Å². The van der Waals surface area contributed by atoms with E-state index in [1.807, 2.05) is 24.3 Å². The number of anilines is 1. The monoisotopic (exact) mass is 383 g/mol. The number of benzene rings is 1. The van der Waals surface area contributed by atoms with Crippen molar-refractivity contribution >= 4 is 27.5 Å². The second kappa shape index (κ2) is 8.81. The summed E-state index contributed by atoms with van der Waals surface area (Å²) in [6, 6.07) is 7.80. The predicted molar refractivity (Wildman–Crippen MR) is 111 cm³/mol. The van der Waals surface area contributed by atoms with Gasteiger partial charge < -0.3 is 0 Å². The van der Waals surface area contributed by atoms with Gasteiger partial charge in [-0.05, 0) is 61.0 Å². The topological polar surface area (TPSA) is 46.2 Å². The van der Waals surface area contributed by atoms with Gasteiger partial charge in [0.05, 0.1) is 6.26 Å². The normalized spacial score (nSPS) is 21.9. The summed E-state index contributed by atoms with van der Waals surface area (Å²) in [7, 11) is -3.19. The fourth-order valence-electron chi connectivity index (χ4n) is 3.38. The molecule has 1 saturated carbocycles. The summed E-state index contributed by atoms with van der Waals surface area (Å²) < 4.78 is 25.4. The lowest BCUT2D eigenvalue weighted by molar-refractivity contribution is 0.280. The average Bonchev–Trinajstić information content (AvgIpc) is 2.51. The molecule has 1 aromatic rings. The highest BCUT2D eigenvalue weighted by Crippen LogP contribution is 2.36. The lowest BCUT2D eigenvalue weighted by atomic mass is 9.80. The lowest BCUT2D eigenvalue weighted by Crippen LogP contribution is -2.19. The van der Waals surface area contributed by atoms with E-state index < -0.39 is 10.0 Å². The van der Waals surface area contributed by atoms with E-state index in [-0.39, 0.29) is 0 Å². The first-order valence-corrected chi connectivity index (χ1v) is 12.2. The molecule has 142 valence electrons. The van der Waals surface area contributed by atoms with Gasteiger partial charge in [-0.3, -0.25) is 4.72 Å². The molecule has 1 aromatic carbocycles. The molecule has 0 atom stereocenters. The van der Waals surface area contributed by atoms with Crippen LogP contribution in [0.4, 0.5) is 5.69 Å². The fourth-order valence-corrected chi connectivity index (χ4v) is 5.01. The fraction of sp³-hybridized carbons (Fsp3) is 0.700. The Morgan fingerprint density at radius 3 is 2.12 bits per heavy atom. The van der Waals surface area contributed by atoms with Crippen molar-refractivity contribution in [3.05, 3.63) is 29.8 Å². The number of thioether (sulfide) groups is 1. The minimum atomic E-state index is -3.19. The van der Waals surface area contributed by atoms with E-state index >= 15 is 0 Å². The van der Waals surface area contributed by atoms with Crippen LogP contribution >= 0.6 is 11.8 Å². The molecule has 3 nitrogen and oxygen atoms in total. The highest BCUT2D eigenvalue weighted by Gasteiger charge is 2.22. The van der Waals surface area contributed by atoms with Gasteiger partial charge in [-0.15, -0.1) is 0 Å². The van der Waals surface area contributed by atoms with Crippen LogP contribution in [0.15, 0.2) is 24.3 Å². The summed E-state index contributed by atoms with van der Waals surface area (Å²) in [5.74, 6) is 3.07. The summed E-state index contributed by atoms with van der Waals surface area (Å²) >= 11 is 2.11. The summed E-state index contributed by atoms with van der Waals surface area (Å²) in [5, 5.41) is 0. The molecule has 1 aliphatic rings. The molecule has 0 bridgehead atoms. The smallest absolute Gasteiger partial charge is 0.229 e. The quantitative estimate of drug-likeness (QED) is 0.692. The Labute approximate surface area is 158 Å². The van der Waals surface area contributed by atoms with E-state index in [0.29, 0.717) is 10.4 Å². The van der Waals surface area contributed by atoms with Crippen molar-refractivity contribution < 1.29 is 8.42 Å². The molecule has 5 heteroatoms. The second-order valence-electron chi connectivity index (χ2n) is 8.42. The molecule has 1 fully saturated rings. The molecule has 0 unspecified atom stereocenters.